The van der Waals surface area contributed by atoms with Crippen LogP contribution in [0.1, 0.15) is 53.4 Å². The highest BCUT2D eigenvalue weighted by atomic mass is 16.6. The van der Waals surface area contributed by atoms with Crippen LogP contribution < -0.4 is 0 Å². The molecular formula is C32H66O15. The van der Waals surface area contributed by atoms with Crippen LogP contribution in [0.25, 0.3) is 0 Å². The summed E-state index contributed by atoms with van der Waals surface area (Å²) in [4.78, 5) is 0. The van der Waals surface area contributed by atoms with Gasteiger partial charge in [-0.15, -0.1) is 0 Å². The van der Waals surface area contributed by atoms with Gasteiger partial charge >= 0.3 is 0 Å². The maximum atomic E-state index is 10.0. The van der Waals surface area contributed by atoms with E-state index in [2.05, 4.69) is 0 Å². The lowest BCUT2D eigenvalue weighted by Gasteiger charge is -2.32. The van der Waals surface area contributed by atoms with Gasteiger partial charge in [-0.1, -0.05) is 27.7 Å². The Balaban J connectivity index is 4.20. The minimum Gasteiger partial charge on any atom is -0.394 e. The Labute approximate surface area is 281 Å². The number of ether oxygens (including phenoxy) is 9. The lowest BCUT2D eigenvalue weighted by Crippen LogP contribution is -2.44. The summed E-state index contributed by atoms with van der Waals surface area (Å²) in [7, 11) is 0. The molecule has 0 bridgehead atoms. The normalized spacial score (nSPS) is 17.2. The molecule has 0 saturated heterocycles. The molecule has 0 radical (unpaired) electrons. The molecule has 8 unspecified atom stereocenters. The third-order valence-corrected chi connectivity index (χ3v) is 7.36. The first-order valence-electron chi connectivity index (χ1n) is 17.1. The number of hydrogen-bond donors (Lipinski definition) is 6. The highest BCUT2D eigenvalue weighted by Gasteiger charge is 2.29. The highest BCUT2D eigenvalue weighted by Crippen LogP contribution is 2.16. The van der Waals surface area contributed by atoms with Gasteiger partial charge in [0.1, 0.15) is 24.4 Å². The summed E-state index contributed by atoms with van der Waals surface area (Å²) < 4.78 is 50.9. The minimum absolute atomic E-state index is 0.286. The topological polar surface area (TPSA) is 204 Å². The molecule has 0 amide bonds. The van der Waals surface area contributed by atoms with Crippen molar-refractivity contribution in [1.29, 1.82) is 0 Å². The SMILES string of the molecule is CCC(OCCOCCOCCOC(CC)C(CO)OC(CO)C(CC)OCCOCCOCCOC(CC)C(O)CO)C(O)CO. The molecule has 15 heteroatoms. The zero-order valence-electron chi connectivity index (χ0n) is 29.1. The smallest absolute Gasteiger partial charge is 0.107 e. The molecule has 15 nitrogen and oxygen atoms in total. The summed E-state index contributed by atoms with van der Waals surface area (Å²) in [6.07, 6.45) is -2.45. The van der Waals surface area contributed by atoms with Crippen LogP contribution in [0.5, 0.6) is 0 Å². The molecule has 0 spiro atoms. The average molecular weight is 691 g/mol. The monoisotopic (exact) mass is 690 g/mol. The van der Waals surface area contributed by atoms with Crippen LogP contribution in [-0.4, -0.2) is 185 Å². The van der Waals surface area contributed by atoms with Crippen LogP contribution >= 0.6 is 0 Å². The first-order valence-corrected chi connectivity index (χ1v) is 17.1. The van der Waals surface area contributed by atoms with Gasteiger partial charge in [0.15, 0.2) is 0 Å². The molecule has 0 aromatic rings. The fraction of sp³-hybridized carbons (Fsp3) is 1.00. The van der Waals surface area contributed by atoms with Crippen molar-refractivity contribution in [3.63, 3.8) is 0 Å². The minimum atomic E-state index is -0.904. The molecule has 0 aliphatic rings. The lowest BCUT2D eigenvalue weighted by molar-refractivity contribution is -0.171. The Morgan fingerprint density at radius 3 is 0.830 bits per heavy atom. The molecule has 0 aliphatic heterocycles. The summed E-state index contributed by atoms with van der Waals surface area (Å²) in [6.45, 7) is 10.3. The van der Waals surface area contributed by atoms with Crippen molar-refractivity contribution < 1.29 is 73.3 Å². The first-order chi connectivity index (χ1) is 22.9. The van der Waals surface area contributed by atoms with E-state index in [1.807, 2.05) is 27.7 Å². The first kappa shape index (κ1) is 46.4. The van der Waals surface area contributed by atoms with Crippen molar-refractivity contribution in [3.05, 3.63) is 0 Å². The second-order valence-electron chi connectivity index (χ2n) is 10.8. The van der Waals surface area contributed by atoms with Gasteiger partial charge in [0.05, 0.1) is 130 Å². The van der Waals surface area contributed by atoms with Crippen LogP contribution in [0.15, 0.2) is 0 Å². The maximum absolute atomic E-state index is 10.0. The summed E-state index contributed by atoms with van der Waals surface area (Å²) in [5, 5.41) is 57.4. The van der Waals surface area contributed by atoms with E-state index in [9.17, 15) is 20.4 Å². The van der Waals surface area contributed by atoms with Crippen LogP contribution in [0, 0.1) is 0 Å². The third kappa shape index (κ3) is 22.7. The molecule has 6 N–H and O–H groups in total. The largest absolute Gasteiger partial charge is 0.394 e. The van der Waals surface area contributed by atoms with Gasteiger partial charge in [0, 0.05) is 0 Å². The molecule has 47 heavy (non-hydrogen) atoms. The molecule has 0 aromatic carbocycles. The third-order valence-electron chi connectivity index (χ3n) is 7.36. The second-order valence-corrected chi connectivity index (χ2v) is 10.8. The van der Waals surface area contributed by atoms with Crippen LogP contribution in [0.2, 0.25) is 0 Å². The average Bonchev–Trinajstić information content (AvgIpc) is 3.10. The maximum Gasteiger partial charge on any atom is 0.107 e. The second kappa shape index (κ2) is 32.6. The lowest BCUT2D eigenvalue weighted by atomic mass is 10.1. The van der Waals surface area contributed by atoms with Gasteiger partial charge in [-0.3, -0.25) is 0 Å². The van der Waals surface area contributed by atoms with Gasteiger partial charge in [0.25, 0.3) is 0 Å². The zero-order valence-corrected chi connectivity index (χ0v) is 29.1. The standard InChI is InChI=1S/C32H66O15/c1-5-27(25(37)21-33)43-17-13-39-9-11-41-15-19-45-29(7-3)31(23-35)47-32(24-36)30(8-4)46-20-16-42-12-10-40-14-18-44-28(6-2)26(38)22-34/h25-38H,5-24H2,1-4H3. The Bertz CT molecular complexity index is 598. The Kier molecular flexibility index (Phi) is 32.2. The molecule has 284 valence electrons. The zero-order chi connectivity index (χ0) is 35.1. The fourth-order valence-corrected chi connectivity index (χ4v) is 4.61. The number of aliphatic hydroxyl groups excluding tert-OH is 6. The Morgan fingerprint density at radius 1 is 0.340 bits per heavy atom. The van der Waals surface area contributed by atoms with Crippen molar-refractivity contribution in [2.24, 2.45) is 0 Å². The number of rotatable bonds is 36. The van der Waals surface area contributed by atoms with Crippen LogP contribution in [0.3, 0.4) is 0 Å². The van der Waals surface area contributed by atoms with Gasteiger partial charge < -0.3 is 73.3 Å². The van der Waals surface area contributed by atoms with Crippen molar-refractivity contribution in [2.45, 2.75) is 102 Å². The van der Waals surface area contributed by atoms with E-state index in [1.165, 1.54) is 0 Å². The predicted molar refractivity (Wildman–Crippen MR) is 172 cm³/mol. The van der Waals surface area contributed by atoms with Gasteiger partial charge in [-0.2, -0.15) is 0 Å². The Morgan fingerprint density at radius 2 is 0.596 bits per heavy atom. The van der Waals surface area contributed by atoms with E-state index in [0.717, 1.165) is 0 Å². The molecule has 8 atom stereocenters. The van der Waals surface area contributed by atoms with Crippen molar-refractivity contribution in [1.82, 2.24) is 0 Å². The van der Waals surface area contributed by atoms with Crippen LogP contribution in [-0.2, 0) is 42.6 Å². The van der Waals surface area contributed by atoms with Crippen molar-refractivity contribution >= 4 is 0 Å². The Hall–Kier alpha value is -0.600. The summed E-state index contributed by atoms with van der Waals surface area (Å²) >= 11 is 0. The number of aliphatic hydroxyl groups is 6. The summed E-state index contributed by atoms with van der Waals surface area (Å²) in [5.41, 5.74) is 0. The summed E-state index contributed by atoms with van der Waals surface area (Å²) in [6, 6.07) is 0. The van der Waals surface area contributed by atoms with Gasteiger partial charge in [-0.25, -0.2) is 0 Å². The molecular weight excluding hydrogens is 624 g/mol. The van der Waals surface area contributed by atoms with E-state index in [1.54, 1.807) is 0 Å². The van der Waals surface area contributed by atoms with E-state index >= 15 is 0 Å². The molecule has 0 aromatic heterocycles. The van der Waals surface area contributed by atoms with Gasteiger partial charge in [-0.05, 0) is 25.7 Å². The quantitative estimate of drug-likeness (QED) is 0.0466. The molecule has 0 saturated carbocycles. The van der Waals surface area contributed by atoms with Crippen molar-refractivity contribution in [3.8, 4) is 0 Å². The molecule has 0 rings (SSSR count). The van der Waals surface area contributed by atoms with Crippen molar-refractivity contribution in [2.75, 3.05) is 106 Å². The summed E-state index contributed by atoms with van der Waals surface area (Å²) in [5.74, 6) is 0. The van der Waals surface area contributed by atoms with E-state index in [0.29, 0.717) is 91.8 Å². The molecule has 0 aliphatic carbocycles. The van der Waals surface area contributed by atoms with E-state index in [4.69, 9.17) is 52.8 Å². The molecule has 0 fully saturated rings. The predicted octanol–water partition coefficient (Wildman–Crippen LogP) is -0.322. The number of hydrogen-bond acceptors (Lipinski definition) is 15. The molecule has 0 heterocycles. The highest BCUT2D eigenvalue weighted by molar-refractivity contribution is 4.76. The fourth-order valence-electron chi connectivity index (χ4n) is 4.61. The van der Waals surface area contributed by atoms with E-state index in [-0.39, 0.29) is 39.6 Å². The van der Waals surface area contributed by atoms with E-state index < -0.39 is 48.8 Å². The van der Waals surface area contributed by atoms with Crippen LogP contribution in [0.4, 0.5) is 0 Å². The van der Waals surface area contributed by atoms with Gasteiger partial charge in [0.2, 0.25) is 0 Å².